The largest absolute Gasteiger partial charge is 0.497 e. The number of aliphatic hydroxyl groups excluding tert-OH is 1. The first-order valence-corrected chi connectivity index (χ1v) is 37.5. The number of para-hydroxylation sites is 1. The zero-order valence-electron chi connectivity index (χ0n) is 62.6. The maximum absolute atomic E-state index is 14.5. The van der Waals surface area contributed by atoms with Crippen molar-refractivity contribution in [2.45, 2.75) is 155 Å². The van der Waals surface area contributed by atoms with Gasteiger partial charge in [0.25, 0.3) is 11.8 Å². The molecule has 1 saturated heterocycles. The second-order valence-corrected chi connectivity index (χ2v) is 29.6. The molecule has 25 heteroatoms. The summed E-state index contributed by atoms with van der Waals surface area (Å²) in [5, 5.41) is 26.3. The van der Waals surface area contributed by atoms with Gasteiger partial charge in [-0.15, -0.1) is 5.10 Å². The zero-order chi connectivity index (χ0) is 76.8. The van der Waals surface area contributed by atoms with Crippen molar-refractivity contribution in [1.82, 2.24) is 35.4 Å². The van der Waals surface area contributed by atoms with Gasteiger partial charge in [0.15, 0.2) is 40.8 Å². The van der Waals surface area contributed by atoms with Gasteiger partial charge in [0.05, 0.1) is 82.3 Å². The van der Waals surface area contributed by atoms with E-state index in [9.17, 15) is 48.3 Å². The van der Waals surface area contributed by atoms with Crippen LogP contribution in [0.2, 0.25) is 0 Å². The summed E-state index contributed by atoms with van der Waals surface area (Å²) in [4.78, 5) is 130. The number of methoxy groups -OCH3 is 3. The van der Waals surface area contributed by atoms with Crippen LogP contribution in [0.1, 0.15) is 153 Å². The Balaban J connectivity index is 0.557. The number of aliphatic hydroxyl groups is 1. The first-order chi connectivity index (χ1) is 52.6. The smallest absolute Gasteiger partial charge is 0.416 e. The van der Waals surface area contributed by atoms with E-state index >= 15 is 0 Å². The van der Waals surface area contributed by atoms with Gasteiger partial charge in [0, 0.05) is 93.0 Å². The van der Waals surface area contributed by atoms with Crippen molar-refractivity contribution in [3.8, 4) is 51.3 Å². The molecule has 25 nitrogen and oxygen atoms in total. The van der Waals surface area contributed by atoms with Crippen LogP contribution in [0, 0.1) is 17.3 Å². The van der Waals surface area contributed by atoms with Crippen molar-refractivity contribution >= 4 is 69.9 Å². The highest BCUT2D eigenvalue weighted by atomic mass is 16.6. The second kappa shape index (κ2) is 33.1. The molecule has 1 spiro atoms. The second-order valence-electron chi connectivity index (χ2n) is 29.6. The molecule has 6 amide bonds. The lowest BCUT2D eigenvalue weighted by Gasteiger charge is -2.31. The number of anilines is 2. The third-order valence-electron chi connectivity index (χ3n) is 22.0. The molecule has 1 saturated carbocycles. The summed E-state index contributed by atoms with van der Waals surface area (Å²) in [6, 6.07) is 35.1. The molecule has 1 aromatic heterocycles. The van der Waals surface area contributed by atoms with Gasteiger partial charge in [0.2, 0.25) is 17.7 Å². The number of Topliss-reactive ketones (excluding diaryl/α,β-unsaturated/α-hetero) is 3. The number of hydrogen-bond acceptors (Lipinski definition) is 18. The number of ether oxygens (including phenoxy) is 6. The van der Waals surface area contributed by atoms with Crippen LogP contribution in [0.5, 0.6) is 28.7 Å². The monoisotopic (exact) mass is 1480 g/mol. The Hall–Kier alpha value is -11.2. The summed E-state index contributed by atoms with van der Waals surface area (Å²) in [6.45, 7) is 5.86. The molecule has 6 aromatic carbocycles. The predicted octanol–water partition coefficient (Wildman–Crippen LogP) is 11.1. The third kappa shape index (κ3) is 16.8. The highest BCUT2D eigenvalue weighted by Gasteiger charge is 2.58. The number of ketones is 3. The first kappa shape index (κ1) is 76.0. The molecule has 109 heavy (non-hydrogen) atoms. The quantitative estimate of drug-likeness (QED) is 0.0352. The Kier molecular flexibility index (Phi) is 23.1. The minimum absolute atomic E-state index is 0.0371. The van der Waals surface area contributed by atoms with Crippen molar-refractivity contribution in [2.24, 2.45) is 24.3 Å². The lowest BCUT2D eigenvalue weighted by molar-refractivity contribution is -0.133. The Morgan fingerprint density at radius 2 is 1.37 bits per heavy atom. The predicted molar refractivity (Wildman–Crippen MR) is 405 cm³/mol. The number of nitrogens with zero attached hydrogens (tertiary/aromatic N) is 7. The minimum atomic E-state index is -1.46. The van der Waals surface area contributed by atoms with Crippen molar-refractivity contribution in [2.75, 3.05) is 57.4 Å². The maximum Gasteiger partial charge on any atom is 0.416 e. The van der Waals surface area contributed by atoms with E-state index in [0.717, 1.165) is 75.4 Å². The van der Waals surface area contributed by atoms with Gasteiger partial charge in [-0.1, -0.05) is 97.9 Å². The molecule has 13 rings (SSSR count). The van der Waals surface area contributed by atoms with Crippen molar-refractivity contribution in [3.05, 3.63) is 166 Å². The molecule has 7 aromatic rings. The molecule has 6 heterocycles. The van der Waals surface area contributed by atoms with E-state index in [1.54, 1.807) is 99.0 Å². The van der Waals surface area contributed by atoms with Crippen molar-refractivity contribution < 1.29 is 76.7 Å². The van der Waals surface area contributed by atoms with E-state index in [-0.39, 0.29) is 134 Å². The molecular weight excluding hydrogens is 1390 g/mol. The van der Waals surface area contributed by atoms with Crippen molar-refractivity contribution in [1.29, 1.82) is 0 Å². The van der Waals surface area contributed by atoms with Crippen LogP contribution in [0.4, 0.5) is 16.2 Å². The summed E-state index contributed by atoms with van der Waals surface area (Å²) < 4.78 is 37.1. The molecule has 5 aliphatic heterocycles. The van der Waals surface area contributed by atoms with E-state index in [4.69, 9.17) is 28.4 Å². The zero-order valence-corrected chi connectivity index (χ0v) is 62.6. The normalized spacial score (nSPS) is 17.6. The van der Waals surface area contributed by atoms with E-state index in [1.807, 2.05) is 90.0 Å². The Bertz CT molecular complexity index is 4680. The molecule has 3 N–H and O–H groups in total. The summed E-state index contributed by atoms with van der Waals surface area (Å²) in [7, 11) is 6.47. The third-order valence-corrected chi connectivity index (χ3v) is 22.0. The average Bonchev–Trinajstić information content (AvgIpc) is 1.57. The molecule has 0 radical (unpaired) electrons. The molecule has 5 atom stereocenters. The van der Waals surface area contributed by atoms with Crippen LogP contribution in [0.3, 0.4) is 0 Å². The van der Waals surface area contributed by atoms with Gasteiger partial charge in [-0.05, 0) is 146 Å². The van der Waals surface area contributed by atoms with Crippen LogP contribution >= 0.6 is 0 Å². The summed E-state index contributed by atoms with van der Waals surface area (Å²) >= 11 is 0. The first-order valence-electron chi connectivity index (χ1n) is 37.5. The molecular formula is C84H93N9O16. The maximum atomic E-state index is 14.5. The summed E-state index contributed by atoms with van der Waals surface area (Å²) in [5.41, 5.74) is 9.63. The van der Waals surface area contributed by atoms with E-state index in [1.165, 1.54) is 7.11 Å². The molecule has 6 aliphatic rings. The van der Waals surface area contributed by atoms with E-state index in [2.05, 4.69) is 20.9 Å². The summed E-state index contributed by atoms with van der Waals surface area (Å²) in [5.74, 6) is -1.48. The van der Waals surface area contributed by atoms with E-state index in [0.29, 0.717) is 84.8 Å². The van der Waals surface area contributed by atoms with Gasteiger partial charge in [-0.25, -0.2) is 14.4 Å². The van der Waals surface area contributed by atoms with Gasteiger partial charge in [-0.3, -0.25) is 38.4 Å². The molecule has 570 valence electrons. The fourth-order valence-electron chi connectivity index (χ4n) is 15.5. The van der Waals surface area contributed by atoms with E-state index < -0.39 is 47.9 Å². The number of fused-ring (bicyclic) bond motifs is 9. The number of carbonyl (C=O) groups excluding carboxylic acids is 9. The fraction of sp³-hybridized carbons (Fsp3) is 0.417. The lowest BCUT2D eigenvalue weighted by atomic mass is 9.89. The number of aryl methyl sites for hydroxylation is 2. The number of carbonyl (C=O) groups is 9. The Labute approximate surface area is 633 Å². The number of rotatable bonds is 30. The molecule has 0 bridgehead atoms. The standard InChI is InChI=1S/C84H93N9O16/c1-50(2)64(40-60(95)45-85-75(97)31-27-59(94)28-32-76(98)91-46-56-15-9-10-16-62(56)77-78(89(4)88-87-77)63-17-11-12-18-67(63)91)79(99)86-51(3)70(96)37-52-19-21-53(22-20-52)48-109-83(103)93-68-43-74(72(106-7)42-66(68)81(101)92-49-84(33-34-84)44-69(92)82(93)102)108-36-14-8-13-35-107-73-39-55-23-26-58-38-57(54-24-29-61(104-5)30-25-54)47-90(58)80(100)65(55)41-71(73)105-6/h9-12,15-22,24-25,29-30,39,41-43,47,50-51,58,64,69,82,102H,8,13-14,23,26-28,31-38,40,44-46,48-49H2,1-7H3,(H,85,97)(H,86,99)/t51-,58+,64-,69-,82?/m0/s1. The number of unbranched alkanes of at least 4 members (excludes halogenated alkanes) is 2. The number of aromatic nitrogens is 3. The molecule has 1 aliphatic carbocycles. The van der Waals surface area contributed by atoms with Crippen LogP contribution in [0.15, 0.2) is 128 Å². The summed E-state index contributed by atoms with van der Waals surface area (Å²) in [6.07, 6.45) is 5.40. The molecule has 2 fully saturated rings. The highest BCUT2D eigenvalue weighted by molar-refractivity contribution is 6.07. The highest BCUT2D eigenvalue weighted by Crippen LogP contribution is 2.57. The Morgan fingerprint density at radius 3 is 2.07 bits per heavy atom. The number of nitrogens with one attached hydrogen (secondary N) is 2. The van der Waals surface area contributed by atoms with Crippen LogP contribution in [-0.4, -0.2) is 155 Å². The topological polar surface area (TPSA) is 297 Å². The van der Waals surface area contributed by atoms with Crippen LogP contribution < -0.4 is 44.1 Å². The Morgan fingerprint density at radius 1 is 0.688 bits per heavy atom. The minimum Gasteiger partial charge on any atom is -0.497 e. The average molecular weight is 1480 g/mol. The lowest BCUT2D eigenvalue weighted by Crippen LogP contribution is -2.50. The fourth-order valence-corrected chi connectivity index (χ4v) is 15.5. The van der Waals surface area contributed by atoms with Crippen LogP contribution in [0.25, 0.3) is 28.1 Å². The van der Waals surface area contributed by atoms with Crippen LogP contribution in [-0.2, 0) is 66.5 Å². The van der Waals surface area contributed by atoms with Gasteiger partial charge >= 0.3 is 6.09 Å². The van der Waals surface area contributed by atoms with Gasteiger partial charge in [-0.2, -0.15) is 0 Å². The SMILES string of the molecule is COc1ccc(C2=CN3C(=O)c4cc(OC)c(OCCCCCOc5cc6c(cc5OC)C(=O)N5CC7(CC7)C[C@H]5C(O)N6C(=O)OCc5ccc(CC(=O)[C@H](C)NC(=O)[C@@H](CC(=O)CNC(=O)CCC(=O)CCC(=O)N6Cc7ccccc7-c7nnn(C)c7-c7ccccc76)C(C)C)cc5)cc4CC[C@@H]3C2)cc1. The molecule has 1 unspecified atom stereocenters. The number of benzene rings is 6. The van der Waals surface area contributed by atoms with Gasteiger partial charge in [0.1, 0.15) is 23.8 Å². The van der Waals surface area contributed by atoms with Crippen molar-refractivity contribution in [3.63, 3.8) is 0 Å². The number of amides is 6. The van der Waals surface area contributed by atoms with Gasteiger partial charge < -0.3 is 58.9 Å². The number of hydrogen-bond donors (Lipinski definition) is 3.